The summed E-state index contributed by atoms with van der Waals surface area (Å²) in [6.45, 7) is 2.07. The molecule has 0 aromatic carbocycles. The van der Waals surface area contributed by atoms with Crippen molar-refractivity contribution in [1.29, 1.82) is 0 Å². The van der Waals surface area contributed by atoms with Crippen LogP contribution in [0, 0.1) is 17.8 Å². The lowest BCUT2D eigenvalue weighted by atomic mass is 10.0. The van der Waals surface area contributed by atoms with Gasteiger partial charge in [0, 0.05) is 0 Å². The number of hydrogen-bond acceptors (Lipinski definition) is 2. The average molecular weight is 192 g/mol. The lowest BCUT2D eigenvalue weighted by Gasteiger charge is -2.03. The van der Waals surface area contributed by atoms with Crippen molar-refractivity contribution in [3.63, 3.8) is 0 Å². The first-order valence-corrected chi connectivity index (χ1v) is 4.21. The van der Waals surface area contributed by atoms with Crippen LogP contribution in [0.2, 0.25) is 0 Å². The Labute approximate surface area is 77.9 Å². The zero-order valence-electron chi connectivity index (χ0n) is 6.82. The van der Waals surface area contributed by atoms with Gasteiger partial charge in [0.1, 0.15) is 0 Å². The molecule has 4 heteroatoms. The molecule has 0 bridgehead atoms. The fourth-order valence-electron chi connectivity index (χ4n) is 2.37. The average Bonchev–Trinajstić information content (AvgIpc) is 2.40. The van der Waals surface area contributed by atoms with E-state index in [1.807, 2.05) is 0 Å². The van der Waals surface area contributed by atoms with E-state index in [0.717, 1.165) is 25.9 Å². The lowest BCUT2D eigenvalue weighted by molar-refractivity contribution is -0.141. The molecule has 0 aromatic heterocycles. The van der Waals surface area contributed by atoms with Crippen LogP contribution in [0.25, 0.3) is 0 Å². The molecular weight excluding hydrogens is 178 g/mol. The summed E-state index contributed by atoms with van der Waals surface area (Å²) in [5.41, 5.74) is 0. The number of carboxylic acid groups (broad SMARTS) is 1. The standard InChI is InChI=1S/C8H13NO2.ClH/c10-8(11)5-1-6-3-9-4-7(6)2-5;/h5-7,9H,1-4H2,(H,10,11);1H/t6-,7-;/m1./s1. The molecule has 2 atom stereocenters. The smallest absolute Gasteiger partial charge is 0.306 e. The lowest BCUT2D eigenvalue weighted by Crippen LogP contribution is -2.16. The minimum absolute atomic E-state index is 0. The van der Waals surface area contributed by atoms with Crippen LogP contribution in [0.4, 0.5) is 0 Å². The van der Waals surface area contributed by atoms with Crippen LogP contribution >= 0.6 is 12.4 Å². The summed E-state index contributed by atoms with van der Waals surface area (Å²) in [6, 6.07) is 0. The summed E-state index contributed by atoms with van der Waals surface area (Å²) in [5, 5.41) is 12.0. The first-order valence-electron chi connectivity index (χ1n) is 4.21. The largest absolute Gasteiger partial charge is 0.481 e. The molecule has 0 spiro atoms. The van der Waals surface area contributed by atoms with Crippen LogP contribution in [-0.4, -0.2) is 24.2 Å². The Bertz CT molecular complexity index is 174. The molecule has 2 fully saturated rings. The van der Waals surface area contributed by atoms with E-state index < -0.39 is 5.97 Å². The van der Waals surface area contributed by atoms with Crippen molar-refractivity contribution in [2.45, 2.75) is 12.8 Å². The summed E-state index contributed by atoms with van der Waals surface area (Å²) < 4.78 is 0. The molecule has 1 saturated carbocycles. The van der Waals surface area contributed by atoms with E-state index in [4.69, 9.17) is 5.11 Å². The Morgan fingerprint density at radius 2 is 1.75 bits per heavy atom. The van der Waals surface area contributed by atoms with Gasteiger partial charge < -0.3 is 10.4 Å². The number of hydrogen-bond donors (Lipinski definition) is 2. The quantitative estimate of drug-likeness (QED) is 0.643. The third kappa shape index (κ3) is 1.57. The van der Waals surface area contributed by atoms with E-state index in [1.165, 1.54) is 0 Å². The van der Waals surface area contributed by atoms with Gasteiger partial charge in [-0.2, -0.15) is 0 Å². The Balaban J connectivity index is 0.000000720. The maximum atomic E-state index is 10.6. The Morgan fingerprint density at radius 3 is 2.17 bits per heavy atom. The van der Waals surface area contributed by atoms with Crippen LogP contribution in [-0.2, 0) is 4.79 Å². The fraction of sp³-hybridized carbons (Fsp3) is 0.875. The molecule has 2 aliphatic rings. The topological polar surface area (TPSA) is 49.3 Å². The maximum absolute atomic E-state index is 10.6. The summed E-state index contributed by atoms with van der Waals surface area (Å²) in [5.74, 6) is 0.652. The molecule has 2 N–H and O–H groups in total. The number of carboxylic acids is 1. The van der Waals surface area contributed by atoms with Gasteiger partial charge in [-0.25, -0.2) is 0 Å². The third-order valence-corrected chi connectivity index (χ3v) is 3.00. The second-order valence-electron chi connectivity index (χ2n) is 3.68. The maximum Gasteiger partial charge on any atom is 0.306 e. The fourth-order valence-corrected chi connectivity index (χ4v) is 2.37. The molecule has 1 aliphatic heterocycles. The van der Waals surface area contributed by atoms with Crippen LogP contribution in [0.5, 0.6) is 0 Å². The molecule has 12 heavy (non-hydrogen) atoms. The zero-order chi connectivity index (χ0) is 7.84. The first-order chi connectivity index (χ1) is 5.27. The second kappa shape index (κ2) is 3.62. The van der Waals surface area contributed by atoms with Gasteiger partial charge in [0.05, 0.1) is 5.92 Å². The minimum atomic E-state index is -0.598. The van der Waals surface area contributed by atoms with Gasteiger partial charge in [-0.3, -0.25) is 4.79 Å². The van der Waals surface area contributed by atoms with Crippen LogP contribution in [0.15, 0.2) is 0 Å². The number of halogens is 1. The summed E-state index contributed by atoms with van der Waals surface area (Å²) in [4.78, 5) is 10.6. The zero-order valence-corrected chi connectivity index (χ0v) is 7.64. The highest BCUT2D eigenvalue weighted by atomic mass is 35.5. The van der Waals surface area contributed by atoms with Gasteiger partial charge >= 0.3 is 5.97 Å². The Morgan fingerprint density at radius 1 is 1.25 bits per heavy atom. The molecule has 2 rings (SSSR count). The predicted octanol–water partition coefficient (Wildman–Crippen LogP) is 0.738. The third-order valence-electron chi connectivity index (χ3n) is 3.00. The number of nitrogens with one attached hydrogen (secondary N) is 1. The van der Waals surface area contributed by atoms with Crippen LogP contribution in [0.1, 0.15) is 12.8 Å². The summed E-state index contributed by atoms with van der Waals surface area (Å²) >= 11 is 0. The van der Waals surface area contributed by atoms with Crippen molar-refractivity contribution in [3.8, 4) is 0 Å². The van der Waals surface area contributed by atoms with E-state index in [1.54, 1.807) is 0 Å². The van der Waals surface area contributed by atoms with Gasteiger partial charge in [-0.05, 0) is 37.8 Å². The monoisotopic (exact) mass is 191 g/mol. The van der Waals surface area contributed by atoms with Crippen molar-refractivity contribution in [3.05, 3.63) is 0 Å². The molecule has 1 saturated heterocycles. The van der Waals surface area contributed by atoms with Crippen molar-refractivity contribution < 1.29 is 9.90 Å². The van der Waals surface area contributed by atoms with Crippen molar-refractivity contribution in [2.75, 3.05) is 13.1 Å². The number of fused-ring (bicyclic) bond motifs is 1. The number of aliphatic carboxylic acids is 1. The van der Waals surface area contributed by atoms with Gasteiger partial charge in [0.15, 0.2) is 0 Å². The predicted molar refractivity (Wildman–Crippen MR) is 47.5 cm³/mol. The highest BCUT2D eigenvalue weighted by Crippen LogP contribution is 2.38. The van der Waals surface area contributed by atoms with Gasteiger partial charge in [-0.1, -0.05) is 0 Å². The van der Waals surface area contributed by atoms with Crippen LogP contribution < -0.4 is 5.32 Å². The molecule has 0 amide bonds. The van der Waals surface area contributed by atoms with Crippen molar-refractivity contribution in [2.24, 2.45) is 17.8 Å². The number of rotatable bonds is 1. The molecule has 1 heterocycles. The van der Waals surface area contributed by atoms with E-state index >= 15 is 0 Å². The summed E-state index contributed by atoms with van der Waals surface area (Å²) in [7, 11) is 0. The van der Waals surface area contributed by atoms with E-state index in [2.05, 4.69) is 5.32 Å². The van der Waals surface area contributed by atoms with Gasteiger partial charge in [0.2, 0.25) is 0 Å². The molecule has 3 nitrogen and oxygen atoms in total. The highest BCUT2D eigenvalue weighted by Gasteiger charge is 2.40. The van der Waals surface area contributed by atoms with Crippen molar-refractivity contribution in [1.82, 2.24) is 5.32 Å². The van der Waals surface area contributed by atoms with Crippen molar-refractivity contribution >= 4 is 18.4 Å². The molecule has 1 aliphatic carbocycles. The van der Waals surface area contributed by atoms with E-state index in [9.17, 15) is 4.79 Å². The SMILES string of the molecule is Cl.O=C(O)C1C[C@@H]2CNC[C@H]2C1. The Kier molecular flexibility index (Phi) is 2.96. The molecule has 0 unspecified atom stereocenters. The van der Waals surface area contributed by atoms with E-state index in [0.29, 0.717) is 11.8 Å². The molecule has 0 aromatic rings. The summed E-state index contributed by atoms with van der Waals surface area (Å²) in [6.07, 6.45) is 1.79. The number of carbonyl (C=O) groups is 1. The second-order valence-corrected chi connectivity index (χ2v) is 3.68. The minimum Gasteiger partial charge on any atom is -0.481 e. The molecule has 0 radical (unpaired) electrons. The Hall–Kier alpha value is -0.280. The highest BCUT2D eigenvalue weighted by molar-refractivity contribution is 5.85. The van der Waals surface area contributed by atoms with E-state index in [-0.39, 0.29) is 18.3 Å². The van der Waals surface area contributed by atoms with Crippen LogP contribution in [0.3, 0.4) is 0 Å². The molecule has 70 valence electrons. The van der Waals surface area contributed by atoms with Gasteiger partial charge in [-0.15, -0.1) is 12.4 Å². The normalized spacial score (nSPS) is 34.3. The van der Waals surface area contributed by atoms with Gasteiger partial charge in [0.25, 0.3) is 0 Å². The molecular formula is C8H14ClNO2. The first kappa shape index (κ1) is 9.81.